The van der Waals surface area contributed by atoms with Crippen LogP contribution in [0.5, 0.6) is 0 Å². The first-order chi connectivity index (χ1) is 9.84. The number of fused-ring (bicyclic) bond motifs is 1. The SMILES string of the molecule is Nc1ncnc2c1ncn2CCCSc1ccccc1. The molecule has 0 bridgehead atoms. The second-order valence-corrected chi connectivity index (χ2v) is 5.55. The number of hydrogen-bond donors (Lipinski definition) is 1. The standard InChI is InChI=1S/C14H15N5S/c15-13-12-14(17-9-16-13)19(10-18-12)7-4-8-20-11-5-2-1-3-6-11/h1-3,5-6,9-10H,4,7-8H2,(H2,15,16,17). The van der Waals surface area contributed by atoms with Gasteiger partial charge in [-0.15, -0.1) is 11.8 Å². The van der Waals surface area contributed by atoms with Crippen molar-refractivity contribution >= 4 is 28.7 Å². The number of thioether (sulfide) groups is 1. The van der Waals surface area contributed by atoms with Crippen molar-refractivity contribution in [3.63, 3.8) is 0 Å². The summed E-state index contributed by atoms with van der Waals surface area (Å²) in [5, 5.41) is 0. The molecule has 20 heavy (non-hydrogen) atoms. The lowest BCUT2D eigenvalue weighted by Crippen LogP contribution is -2.00. The molecule has 2 aromatic heterocycles. The zero-order valence-corrected chi connectivity index (χ0v) is 11.8. The average molecular weight is 285 g/mol. The predicted octanol–water partition coefficient (Wildman–Crippen LogP) is 2.59. The number of hydrogen-bond acceptors (Lipinski definition) is 5. The van der Waals surface area contributed by atoms with Crippen LogP contribution in [-0.4, -0.2) is 25.3 Å². The number of benzene rings is 1. The highest BCUT2D eigenvalue weighted by Gasteiger charge is 2.07. The number of imidazole rings is 1. The third kappa shape index (κ3) is 2.75. The average Bonchev–Trinajstić information content (AvgIpc) is 2.90. The van der Waals surface area contributed by atoms with Gasteiger partial charge in [-0.3, -0.25) is 0 Å². The molecule has 0 saturated carbocycles. The van der Waals surface area contributed by atoms with Crippen LogP contribution >= 0.6 is 11.8 Å². The molecule has 5 nitrogen and oxygen atoms in total. The molecule has 2 N–H and O–H groups in total. The number of aryl methyl sites for hydroxylation is 1. The summed E-state index contributed by atoms with van der Waals surface area (Å²) in [6.45, 7) is 0.882. The Bertz CT molecular complexity index is 695. The maximum Gasteiger partial charge on any atom is 0.165 e. The first kappa shape index (κ1) is 12.9. The van der Waals surface area contributed by atoms with Crippen molar-refractivity contribution < 1.29 is 0 Å². The Morgan fingerprint density at radius 1 is 1.10 bits per heavy atom. The molecule has 0 atom stereocenters. The van der Waals surface area contributed by atoms with Crippen LogP contribution in [0.3, 0.4) is 0 Å². The second kappa shape index (κ2) is 5.92. The van der Waals surface area contributed by atoms with Gasteiger partial charge in [-0.2, -0.15) is 0 Å². The van der Waals surface area contributed by atoms with Crippen LogP contribution < -0.4 is 5.73 Å². The van der Waals surface area contributed by atoms with Crippen molar-refractivity contribution in [2.24, 2.45) is 0 Å². The number of rotatable bonds is 5. The first-order valence-corrected chi connectivity index (χ1v) is 7.42. The highest BCUT2D eigenvalue weighted by Crippen LogP contribution is 2.19. The van der Waals surface area contributed by atoms with E-state index in [9.17, 15) is 0 Å². The van der Waals surface area contributed by atoms with Crippen LogP contribution in [-0.2, 0) is 6.54 Å². The summed E-state index contributed by atoms with van der Waals surface area (Å²) < 4.78 is 2.03. The maximum atomic E-state index is 5.77. The smallest absolute Gasteiger partial charge is 0.165 e. The molecule has 0 radical (unpaired) electrons. The van der Waals surface area contributed by atoms with E-state index < -0.39 is 0 Å². The summed E-state index contributed by atoms with van der Waals surface area (Å²) in [4.78, 5) is 13.7. The molecule has 0 aliphatic heterocycles. The fourth-order valence-corrected chi connectivity index (χ4v) is 2.86. The van der Waals surface area contributed by atoms with Gasteiger partial charge in [0.05, 0.1) is 6.33 Å². The lowest BCUT2D eigenvalue weighted by Gasteiger charge is -2.04. The van der Waals surface area contributed by atoms with Gasteiger partial charge in [0.15, 0.2) is 11.5 Å². The summed E-state index contributed by atoms with van der Waals surface area (Å²) in [6, 6.07) is 10.4. The Hall–Kier alpha value is -2.08. The van der Waals surface area contributed by atoms with E-state index in [-0.39, 0.29) is 0 Å². The highest BCUT2D eigenvalue weighted by molar-refractivity contribution is 7.99. The van der Waals surface area contributed by atoms with E-state index in [2.05, 4.69) is 39.2 Å². The lowest BCUT2D eigenvalue weighted by atomic mass is 10.4. The van der Waals surface area contributed by atoms with E-state index in [1.807, 2.05) is 22.4 Å². The van der Waals surface area contributed by atoms with Crippen molar-refractivity contribution in [1.82, 2.24) is 19.5 Å². The Kier molecular flexibility index (Phi) is 3.83. The van der Waals surface area contributed by atoms with Gasteiger partial charge in [0, 0.05) is 11.4 Å². The summed E-state index contributed by atoms with van der Waals surface area (Å²) in [5.41, 5.74) is 7.26. The molecular formula is C14H15N5S. The number of nitrogen functional groups attached to an aromatic ring is 1. The first-order valence-electron chi connectivity index (χ1n) is 6.44. The van der Waals surface area contributed by atoms with Gasteiger partial charge in [0.1, 0.15) is 11.8 Å². The molecule has 0 saturated heterocycles. The Morgan fingerprint density at radius 2 is 1.95 bits per heavy atom. The van der Waals surface area contributed by atoms with Crippen molar-refractivity contribution in [1.29, 1.82) is 0 Å². The number of anilines is 1. The summed E-state index contributed by atoms with van der Waals surface area (Å²) in [6.07, 6.45) is 4.31. The molecule has 3 rings (SSSR count). The van der Waals surface area contributed by atoms with Crippen LogP contribution in [0.1, 0.15) is 6.42 Å². The minimum Gasteiger partial charge on any atom is -0.382 e. The third-order valence-corrected chi connectivity index (χ3v) is 4.08. The van der Waals surface area contributed by atoms with Gasteiger partial charge in [-0.1, -0.05) is 18.2 Å². The molecule has 0 aliphatic carbocycles. The quantitative estimate of drug-likeness (QED) is 0.576. The molecule has 0 amide bonds. The fraction of sp³-hybridized carbons (Fsp3) is 0.214. The molecule has 1 aromatic carbocycles. The zero-order valence-electron chi connectivity index (χ0n) is 10.9. The number of nitrogens with zero attached hydrogens (tertiary/aromatic N) is 4. The van der Waals surface area contributed by atoms with Crippen molar-refractivity contribution in [2.75, 3.05) is 11.5 Å². The van der Waals surface area contributed by atoms with Crippen LogP contribution in [0.15, 0.2) is 47.9 Å². The third-order valence-electron chi connectivity index (χ3n) is 2.98. The molecule has 3 aromatic rings. The molecule has 0 unspecified atom stereocenters. The van der Waals surface area contributed by atoms with Crippen molar-refractivity contribution in [2.45, 2.75) is 17.9 Å². The van der Waals surface area contributed by atoms with Crippen molar-refractivity contribution in [3.05, 3.63) is 43.0 Å². The lowest BCUT2D eigenvalue weighted by molar-refractivity contribution is 0.696. The normalized spacial score (nSPS) is 11.0. The minimum atomic E-state index is 0.437. The number of aromatic nitrogens is 4. The fourth-order valence-electron chi connectivity index (χ4n) is 2.00. The molecular weight excluding hydrogens is 270 g/mol. The monoisotopic (exact) mass is 285 g/mol. The van der Waals surface area contributed by atoms with E-state index in [1.54, 1.807) is 6.33 Å². The summed E-state index contributed by atoms with van der Waals surface area (Å²) in [7, 11) is 0. The van der Waals surface area contributed by atoms with Crippen LogP contribution in [0.2, 0.25) is 0 Å². The van der Waals surface area contributed by atoms with E-state index in [4.69, 9.17) is 5.73 Å². The van der Waals surface area contributed by atoms with E-state index >= 15 is 0 Å². The molecule has 0 spiro atoms. The topological polar surface area (TPSA) is 69.6 Å². The summed E-state index contributed by atoms with van der Waals surface area (Å²) in [5.74, 6) is 1.50. The molecule has 0 aliphatic rings. The minimum absolute atomic E-state index is 0.437. The Morgan fingerprint density at radius 3 is 2.80 bits per heavy atom. The van der Waals surface area contributed by atoms with Crippen molar-refractivity contribution in [3.8, 4) is 0 Å². The van der Waals surface area contributed by atoms with E-state index in [1.165, 1.54) is 11.2 Å². The Labute approximate surface area is 121 Å². The number of nitrogens with two attached hydrogens (primary N) is 1. The molecule has 2 heterocycles. The van der Waals surface area contributed by atoms with Gasteiger partial charge in [-0.05, 0) is 24.3 Å². The zero-order chi connectivity index (χ0) is 13.8. The maximum absolute atomic E-state index is 5.77. The van der Waals surface area contributed by atoms with Crippen LogP contribution in [0.4, 0.5) is 5.82 Å². The van der Waals surface area contributed by atoms with Gasteiger partial charge in [0.2, 0.25) is 0 Å². The molecule has 0 fully saturated rings. The second-order valence-electron chi connectivity index (χ2n) is 4.38. The molecule has 102 valence electrons. The van der Waals surface area contributed by atoms with Gasteiger partial charge < -0.3 is 10.3 Å². The van der Waals surface area contributed by atoms with E-state index in [0.717, 1.165) is 24.4 Å². The van der Waals surface area contributed by atoms with Gasteiger partial charge >= 0.3 is 0 Å². The van der Waals surface area contributed by atoms with Gasteiger partial charge in [-0.25, -0.2) is 15.0 Å². The highest BCUT2D eigenvalue weighted by atomic mass is 32.2. The summed E-state index contributed by atoms with van der Waals surface area (Å²) >= 11 is 1.86. The molecule has 6 heteroatoms. The largest absolute Gasteiger partial charge is 0.382 e. The van der Waals surface area contributed by atoms with Crippen LogP contribution in [0.25, 0.3) is 11.2 Å². The predicted molar refractivity (Wildman–Crippen MR) is 81.5 cm³/mol. The Balaban J connectivity index is 1.59. The van der Waals surface area contributed by atoms with Crippen LogP contribution in [0, 0.1) is 0 Å². The van der Waals surface area contributed by atoms with E-state index in [0.29, 0.717) is 11.3 Å². The van der Waals surface area contributed by atoms with Gasteiger partial charge in [0.25, 0.3) is 0 Å².